The van der Waals surface area contributed by atoms with Crippen LogP contribution in [0, 0.1) is 6.92 Å². The maximum atomic E-state index is 13.3. The fourth-order valence-electron chi connectivity index (χ4n) is 2.89. The first kappa shape index (κ1) is 18.2. The molecule has 10 heteroatoms. The van der Waals surface area contributed by atoms with Crippen LogP contribution in [0.1, 0.15) is 36.7 Å². The number of rotatable bonds is 4. The Morgan fingerprint density at radius 1 is 1.27 bits per heavy atom. The van der Waals surface area contributed by atoms with Gasteiger partial charge >= 0.3 is 11.9 Å². The summed E-state index contributed by atoms with van der Waals surface area (Å²) in [4.78, 5) is 39.9. The minimum Gasteiger partial charge on any atom is -0.349 e. The number of nitrogens with one attached hydrogen (secondary N) is 2. The van der Waals surface area contributed by atoms with Gasteiger partial charge in [-0.3, -0.25) is 10.1 Å². The number of likely N-dealkylation sites (N-methyl/N-ethyl adjacent to an activating group) is 1. The van der Waals surface area contributed by atoms with E-state index in [9.17, 15) is 14.4 Å². The maximum absolute atomic E-state index is 13.3. The van der Waals surface area contributed by atoms with Gasteiger partial charge in [0.2, 0.25) is 0 Å². The zero-order valence-electron chi connectivity index (χ0n) is 15.2. The zero-order valence-corrected chi connectivity index (χ0v) is 16.0. The average Bonchev–Trinajstić information content (AvgIpc) is 3.19. The van der Waals surface area contributed by atoms with Crippen molar-refractivity contribution in [2.45, 2.75) is 39.8 Å². The number of thiophene rings is 1. The van der Waals surface area contributed by atoms with Crippen molar-refractivity contribution in [1.82, 2.24) is 20.3 Å². The first-order valence-corrected chi connectivity index (χ1v) is 9.02. The molecule has 1 aliphatic rings. The summed E-state index contributed by atoms with van der Waals surface area (Å²) in [5, 5.41) is 14.8. The second-order valence-corrected chi connectivity index (χ2v) is 7.70. The molecule has 2 aromatic heterocycles. The Kier molecular flexibility index (Phi) is 4.41. The normalized spacial score (nSPS) is 20.7. The predicted molar refractivity (Wildman–Crippen MR) is 96.2 cm³/mol. The minimum absolute atomic E-state index is 0.0876. The van der Waals surface area contributed by atoms with Crippen molar-refractivity contribution in [1.29, 1.82) is 0 Å². The van der Waals surface area contributed by atoms with E-state index in [4.69, 9.17) is 0 Å². The van der Waals surface area contributed by atoms with Crippen molar-refractivity contribution >= 4 is 34.2 Å². The first-order valence-electron chi connectivity index (χ1n) is 8.21. The topological polar surface area (TPSA) is 106 Å². The number of aromatic nitrogens is 3. The van der Waals surface area contributed by atoms with E-state index in [0.29, 0.717) is 21.1 Å². The van der Waals surface area contributed by atoms with Crippen molar-refractivity contribution in [3.05, 3.63) is 23.5 Å². The highest BCUT2D eigenvalue weighted by atomic mass is 32.1. The number of carbonyl (C=O) groups is 3. The van der Waals surface area contributed by atoms with Crippen molar-refractivity contribution in [3.63, 3.8) is 0 Å². The number of amides is 4. The smallest absolute Gasteiger partial charge is 0.349 e. The van der Waals surface area contributed by atoms with E-state index in [0.717, 1.165) is 0 Å². The van der Waals surface area contributed by atoms with Gasteiger partial charge in [0.15, 0.2) is 6.04 Å². The standard InChI is InChI=1S/C16H20N6O3S/c1-8(2)19-12(23)10(4)22(5)15(24)11-9(3)14(21-17-6-7-18-21)26-13(11)20-16(22)25/h6-8,10H,1-5H3,(H-,19,20,23,24,25)/p+1/t10-,22?/m1/s1. The third kappa shape index (κ3) is 2.61. The van der Waals surface area contributed by atoms with Crippen molar-refractivity contribution in [3.8, 4) is 5.00 Å². The summed E-state index contributed by atoms with van der Waals surface area (Å²) in [5.74, 6) is -0.765. The van der Waals surface area contributed by atoms with Crippen LogP contribution in [-0.2, 0) is 4.79 Å². The van der Waals surface area contributed by atoms with Crippen LogP contribution >= 0.6 is 11.3 Å². The van der Waals surface area contributed by atoms with Gasteiger partial charge in [-0.25, -0.2) is 9.59 Å². The predicted octanol–water partition coefficient (Wildman–Crippen LogP) is 1.68. The molecule has 0 spiro atoms. The fourth-order valence-corrected chi connectivity index (χ4v) is 3.99. The quantitative estimate of drug-likeness (QED) is 0.789. The molecule has 0 aliphatic carbocycles. The van der Waals surface area contributed by atoms with Gasteiger partial charge in [-0.2, -0.15) is 14.7 Å². The second kappa shape index (κ2) is 6.29. The lowest BCUT2D eigenvalue weighted by Gasteiger charge is -2.36. The number of carbonyl (C=O) groups excluding carboxylic acids is 3. The summed E-state index contributed by atoms with van der Waals surface area (Å²) in [5.41, 5.74) is 1.07. The molecule has 3 heterocycles. The monoisotopic (exact) mass is 377 g/mol. The van der Waals surface area contributed by atoms with E-state index in [1.807, 2.05) is 13.8 Å². The van der Waals surface area contributed by atoms with Crippen LogP contribution in [0.2, 0.25) is 0 Å². The summed E-state index contributed by atoms with van der Waals surface area (Å²) in [7, 11) is 1.47. The van der Waals surface area contributed by atoms with E-state index < -0.39 is 22.5 Å². The number of nitrogens with zero attached hydrogens (tertiary/aromatic N) is 4. The highest BCUT2D eigenvalue weighted by molar-refractivity contribution is 7.19. The van der Waals surface area contributed by atoms with Crippen molar-refractivity contribution in [2.75, 3.05) is 12.4 Å². The molecule has 138 valence electrons. The summed E-state index contributed by atoms with van der Waals surface area (Å²) >= 11 is 1.23. The molecule has 0 saturated heterocycles. The molecule has 0 fully saturated rings. The van der Waals surface area contributed by atoms with Crippen LogP contribution in [-0.4, -0.2) is 56.5 Å². The highest BCUT2D eigenvalue weighted by Crippen LogP contribution is 2.40. The van der Waals surface area contributed by atoms with Gasteiger partial charge in [0, 0.05) is 11.6 Å². The number of hydrogen-bond donors (Lipinski definition) is 2. The molecular weight excluding hydrogens is 356 g/mol. The molecule has 26 heavy (non-hydrogen) atoms. The minimum atomic E-state index is -0.872. The molecule has 2 aromatic rings. The van der Waals surface area contributed by atoms with Gasteiger partial charge in [0.1, 0.15) is 15.6 Å². The van der Waals surface area contributed by atoms with Crippen LogP contribution in [0.25, 0.3) is 5.00 Å². The Balaban J connectivity index is 2.05. The molecule has 4 amide bonds. The Morgan fingerprint density at radius 3 is 2.46 bits per heavy atom. The molecule has 2 atom stereocenters. The third-order valence-electron chi connectivity index (χ3n) is 4.59. The fraction of sp³-hybridized carbons (Fsp3) is 0.438. The molecule has 2 N–H and O–H groups in total. The van der Waals surface area contributed by atoms with Crippen molar-refractivity contribution in [2.24, 2.45) is 0 Å². The number of imide groups is 1. The van der Waals surface area contributed by atoms with Crippen LogP contribution < -0.4 is 10.6 Å². The highest BCUT2D eigenvalue weighted by Gasteiger charge is 2.54. The number of anilines is 1. The third-order valence-corrected chi connectivity index (χ3v) is 5.76. The Morgan fingerprint density at radius 2 is 1.88 bits per heavy atom. The van der Waals surface area contributed by atoms with Crippen LogP contribution in [0.4, 0.5) is 9.80 Å². The lowest BCUT2D eigenvalue weighted by molar-refractivity contribution is -0.759. The molecule has 0 aromatic carbocycles. The van der Waals surface area contributed by atoms with E-state index >= 15 is 0 Å². The molecule has 1 aliphatic heterocycles. The zero-order chi connectivity index (χ0) is 19.2. The first-order chi connectivity index (χ1) is 12.2. The summed E-state index contributed by atoms with van der Waals surface area (Å²) in [6.45, 7) is 7.02. The number of quaternary nitrogens is 1. The molecule has 0 bridgehead atoms. The van der Waals surface area contributed by atoms with E-state index in [2.05, 4.69) is 20.8 Å². The SMILES string of the molecule is Cc1c(-n2nccn2)sc2c1C(=O)[N+](C)([C@H](C)C(=O)NC(C)C)C(=O)N2. The molecule has 1 unspecified atom stereocenters. The van der Waals surface area contributed by atoms with Gasteiger partial charge in [-0.1, -0.05) is 11.3 Å². The van der Waals surface area contributed by atoms with Gasteiger partial charge in [0.25, 0.3) is 5.91 Å². The van der Waals surface area contributed by atoms with Gasteiger partial charge in [-0.05, 0) is 27.7 Å². The lowest BCUT2D eigenvalue weighted by atomic mass is 10.1. The lowest BCUT2D eigenvalue weighted by Crippen LogP contribution is -2.66. The summed E-state index contributed by atoms with van der Waals surface area (Å²) in [6.07, 6.45) is 3.08. The van der Waals surface area contributed by atoms with E-state index in [-0.39, 0.29) is 11.9 Å². The number of urea groups is 1. The van der Waals surface area contributed by atoms with Crippen molar-refractivity contribution < 1.29 is 18.9 Å². The van der Waals surface area contributed by atoms with Gasteiger partial charge in [-0.15, -0.1) is 4.80 Å². The van der Waals surface area contributed by atoms with Crippen LogP contribution in [0.3, 0.4) is 0 Å². The number of fused-ring (bicyclic) bond motifs is 1. The summed E-state index contributed by atoms with van der Waals surface area (Å²) < 4.78 is -0.672. The van der Waals surface area contributed by atoms with Gasteiger partial charge < -0.3 is 5.32 Å². The Labute approximate surface area is 154 Å². The molecule has 3 rings (SSSR count). The average molecular weight is 377 g/mol. The Hall–Kier alpha value is -2.59. The second-order valence-electron chi connectivity index (χ2n) is 6.70. The largest absolute Gasteiger partial charge is 0.429 e. The Bertz CT molecular complexity index is 888. The van der Waals surface area contributed by atoms with E-state index in [1.54, 1.807) is 13.8 Å². The molecular formula is C16H21N6O3S+. The molecule has 0 radical (unpaired) electrons. The number of hydrogen-bond acceptors (Lipinski definition) is 6. The summed E-state index contributed by atoms with van der Waals surface area (Å²) in [6, 6.07) is -1.49. The molecule has 0 saturated carbocycles. The maximum Gasteiger partial charge on any atom is 0.429 e. The molecule has 9 nitrogen and oxygen atoms in total. The van der Waals surface area contributed by atoms with E-state index in [1.165, 1.54) is 35.6 Å². The van der Waals surface area contributed by atoms with Gasteiger partial charge in [0.05, 0.1) is 19.4 Å². The van der Waals surface area contributed by atoms with Crippen LogP contribution in [0.15, 0.2) is 12.4 Å². The van der Waals surface area contributed by atoms with Crippen LogP contribution in [0.5, 0.6) is 0 Å².